The third kappa shape index (κ3) is 1.93. The number of anilines is 2. The molecule has 1 aliphatic rings. The van der Waals surface area contributed by atoms with Crippen LogP contribution in [-0.4, -0.2) is 31.0 Å². The van der Waals surface area contributed by atoms with Gasteiger partial charge in [0, 0.05) is 0 Å². The first-order chi connectivity index (χ1) is 7.93. The van der Waals surface area contributed by atoms with Crippen molar-refractivity contribution in [1.82, 2.24) is 4.90 Å². The quantitative estimate of drug-likeness (QED) is 0.748. The van der Waals surface area contributed by atoms with E-state index in [4.69, 9.17) is 16.2 Å². The van der Waals surface area contributed by atoms with Gasteiger partial charge in [-0.1, -0.05) is 11.8 Å². The van der Waals surface area contributed by atoms with Crippen molar-refractivity contribution in [3.63, 3.8) is 0 Å². The molecule has 1 aromatic carbocycles. The molecule has 1 aliphatic heterocycles. The highest BCUT2D eigenvalue weighted by atomic mass is 32.2. The fraction of sp³-hybridized carbons (Fsp3) is 0.500. The van der Waals surface area contributed by atoms with E-state index in [1.54, 1.807) is 11.8 Å². The fourth-order valence-electron chi connectivity index (χ4n) is 1.83. The molecule has 17 heavy (non-hydrogen) atoms. The van der Waals surface area contributed by atoms with Gasteiger partial charge in [-0.05, 0) is 39.1 Å². The van der Waals surface area contributed by atoms with Crippen LogP contribution in [0.1, 0.15) is 11.1 Å². The Morgan fingerprint density at radius 2 is 1.76 bits per heavy atom. The van der Waals surface area contributed by atoms with Gasteiger partial charge in [0.15, 0.2) is 5.75 Å². The van der Waals surface area contributed by atoms with E-state index in [1.165, 1.54) is 0 Å². The second kappa shape index (κ2) is 4.31. The van der Waals surface area contributed by atoms with Gasteiger partial charge in [0.1, 0.15) is 6.61 Å². The third-order valence-electron chi connectivity index (χ3n) is 3.27. The van der Waals surface area contributed by atoms with Crippen LogP contribution in [0.25, 0.3) is 0 Å². The summed E-state index contributed by atoms with van der Waals surface area (Å²) < 4.78 is 5.78. The predicted molar refractivity (Wildman–Crippen MR) is 73.6 cm³/mol. The fourth-order valence-corrected chi connectivity index (χ4v) is 3.00. The molecule has 0 fully saturated rings. The number of ether oxygens (including phenoxy) is 1. The molecule has 0 aliphatic carbocycles. The summed E-state index contributed by atoms with van der Waals surface area (Å²) in [6.07, 6.45) is 0. The van der Waals surface area contributed by atoms with Crippen molar-refractivity contribution in [3.05, 3.63) is 11.1 Å². The maximum absolute atomic E-state index is 6.16. The van der Waals surface area contributed by atoms with Crippen molar-refractivity contribution in [2.24, 2.45) is 0 Å². The molecule has 0 saturated heterocycles. The van der Waals surface area contributed by atoms with Crippen molar-refractivity contribution >= 4 is 23.1 Å². The molecule has 1 heterocycles. The largest absolute Gasteiger partial charge is 0.488 e. The van der Waals surface area contributed by atoms with Crippen LogP contribution in [0.3, 0.4) is 0 Å². The first-order valence-corrected chi connectivity index (χ1v) is 6.45. The number of thioether (sulfide) groups is 1. The van der Waals surface area contributed by atoms with E-state index >= 15 is 0 Å². The lowest BCUT2D eigenvalue weighted by atomic mass is 10.1. The maximum Gasteiger partial charge on any atom is 0.158 e. The van der Waals surface area contributed by atoms with Gasteiger partial charge in [-0.3, -0.25) is 4.90 Å². The van der Waals surface area contributed by atoms with Crippen LogP contribution in [0.2, 0.25) is 0 Å². The number of hydrogen-bond donors (Lipinski definition) is 2. The number of fused-ring (bicyclic) bond motifs is 1. The Morgan fingerprint density at radius 1 is 1.18 bits per heavy atom. The summed E-state index contributed by atoms with van der Waals surface area (Å²) in [7, 11) is 4.07. The summed E-state index contributed by atoms with van der Waals surface area (Å²) in [5, 5.41) is 0.284. The topological polar surface area (TPSA) is 64.5 Å². The summed E-state index contributed by atoms with van der Waals surface area (Å²) >= 11 is 1.72. The average Bonchev–Trinajstić information content (AvgIpc) is 2.32. The highest BCUT2D eigenvalue weighted by Gasteiger charge is 2.27. The summed E-state index contributed by atoms with van der Waals surface area (Å²) in [5.41, 5.74) is 15.8. The van der Waals surface area contributed by atoms with E-state index in [0.29, 0.717) is 6.61 Å². The lowest BCUT2D eigenvalue weighted by molar-refractivity contribution is 0.231. The van der Waals surface area contributed by atoms with Crippen LogP contribution >= 0.6 is 11.8 Å². The van der Waals surface area contributed by atoms with Gasteiger partial charge < -0.3 is 16.2 Å². The van der Waals surface area contributed by atoms with E-state index < -0.39 is 0 Å². The van der Waals surface area contributed by atoms with Gasteiger partial charge in [-0.15, -0.1) is 0 Å². The zero-order valence-electron chi connectivity index (χ0n) is 10.7. The number of benzene rings is 1. The molecule has 1 aromatic rings. The van der Waals surface area contributed by atoms with Gasteiger partial charge in [0.05, 0.1) is 21.6 Å². The number of likely N-dealkylation sites (N-methyl/N-ethyl adjacent to an activating group) is 1. The lowest BCUT2D eigenvalue weighted by Crippen LogP contribution is -2.33. The molecule has 4 nitrogen and oxygen atoms in total. The van der Waals surface area contributed by atoms with Crippen LogP contribution < -0.4 is 16.2 Å². The molecule has 2 rings (SSSR count). The summed E-state index contributed by atoms with van der Waals surface area (Å²) in [6, 6.07) is 0. The number of rotatable bonds is 1. The lowest BCUT2D eigenvalue weighted by Gasteiger charge is -2.31. The minimum absolute atomic E-state index is 0.284. The molecule has 0 saturated carbocycles. The standard InChI is InChI=1S/C12H19N3OS/c1-6-7(2)10(14)12-11(9(6)13)16-5-8(17-12)15(3)4/h8H,5,13-14H2,1-4H3. The van der Waals surface area contributed by atoms with Crippen molar-refractivity contribution in [2.45, 2.75) is 24.1 Å². The van der Waals surface area contributed by atoms with Crippen LogP contribution in [0.4, 0.5) is 11.4 Å². The first kappa shape index (κ1) is 12.4. The normalized spacial score (nSPS) is 19.0. The van der Waals surface area contributed by atoms with Gasteiger partial charge in [-0.25, -0.2) is 0 Å². The molecular formula is C12H19N3OS. The van der Waals surface area contributed by atoms with Crippen molar-refractivity contribution in [3.8, 4) is 5.75 Å². The number of nitrogens with zero attached hydrogens (tertiary/aromatic N) is 1. The highest BCUT2D eigenvalue weighted by Crippen LogP contribution is 2.47. The predicted octanol–water partition coefficient (Wildman–Crippen LogP) is 1.84. The smallest absolute Gasteiger partial charge is 0.158 e. The van der Waals surface area contributed by atoms with Crippen LogP contribution in [0, 0.1) is 13.8 Å². The zero-order valence-corrected chi connectivity index (χ0v) is 11.5. The van der Waals surface area contributed by atoms with Crippen LogP contribution in [0.5, 0.6) is 5.75 Å². The Bertz CT molecular complexity index is 460. The number of hydrogen-bond acceptors (Lipinski definition) is 5. The maximum atomic E-state index is 6.16. The Balaban J connectivity index is 2.51. The van der Waals surface area contributed by atoms with E-state index in [0.717, 1.165) is 33.1 Å². The van der Waals surface area contributed by atoms with Gasteiger partial charge in [0.2, 0.25) is 0 Å². The highest BCUT2D eigenvalue weighted by molar-refractivity contribution is 8.00. The van der Waals surface area contributed by atoms with E-state index in [9.17, 15) is 0 Å². The number of nitrogens with two attached hydrogens (primary N) is 2. The molecule has 0 spiro atoms. The second-order valence-corrected chi connectivity index (χ2v) is 5.77. The Kier molecular flexibility index (Phi) is 3.14. The van der Waals surface area contributed by atoms with Crippen LogP contribution in [0.15, 0.2) is 4.90 Å². The Morgan fingerprint density at radius 3 is 2.35 bits per heavy atom. The number of nitrogen functional groups attached to an aromatic ring is 2. The SMILES string of the molecule is Cc1c(C)c(N)c2c(c1N)OCC(N(C)C)S2. The molecule has 1 unspecified atom stereocenters. The second-order valence-electron chi connectivity index (χ2n) is 4.58. The summed E-state index contributed by atoms with van der Waals surface area (Å²) in [6.45, 7) is 4.62. The third-order valence-corrected chi connectivity index (χ3v) is 4.74. The molecule has 0 amide bonds. The molecular weight excluding hydrogens is 234 g/mol. The molecule has 94 valence electrons. The molecule has 1 atom stereocenters. The van der Waals surface area contributed by atoms with Crippen molar-refractivity contribution < 1.29 is 4.74 Å². The Hall–Kier alpha value is -1.07. The van der Waals surface area contributed by atoms with Crippen molar-refractivity contribution in [2.75, 3.05) is 32.2 Å². The Labute approximate surface area is 106 Å². The molecule has 5 heteroatoms. The minimum Gasteiger partial charge on any atom is -0.488 e. The molecule has 0 bridgehead atoms. The summed E-state index contributed by atoms with van der Waals surface area (Å²) in [5.74, 6) is 0.758. The van der Waals surface area contributed by atoms with Crippen LogP contribution in [-0.2, 0) is 0 Å². The first-order valence-electron chi connectivity index (χ1n) is 5.57. The van der Waals surface area contributed by atoms with Gasteiger partial charge >= 0.3 is 0 Å². The van der Waals surface area contributed by atoms with Gasteiger partial charge in [0.25, 0.3) is 0 Å². The summed E-state index contributed by atoms with van der Waals surface area (Å²) in [4.78, 5) is 3.11. The van der Waals surface area contributed by atoms with E-state index in [2.05, 4.69) is 4.90 Å². The molecule has 4 N–H and O–H groups in total. The minimum atomic E-state index is 0.284. The van der Waals surface area contributed by atoms with Gasteiger partial charge in [-0.2, -0.15) is 0 Å². The molecule has 0 aromatic heterocycles. The van der Waals surface area contributed by atoms with Crippen molar-refractivity contribution in [1.29, 1.82) is 0 Å². The average molecular weight is 253 g/mol. The monoisotopic (exact) mass is 253 g/mol. The zero-order chi connectivity index (χ0) is 12.7. The van der Waals surface area contributed by atoms with E-state index in [1.807, 2.05) is 27.9 Å². The van der Waals surface area contributed by atoms with E-state index in [-0.39, 0.29) is 5.37 Å². The molecule has 0 radical (unpaired) electrons.